The molecule has 3 rings (SSSR count). The van der Waals surface area contributed by atoms with Gasteiger partial charge >= 0.3 is 6.09 Å². The molecule has 0 unspecified atom stereocenters. The number of carbonyl (C=O) groups excluding carboxylic acids is 1. The van der Waals surface area contributed by atoms with Crippen LogP contribution in [0.4, 0.5) is 10.6 Å². The molecule has 31 heavy (non-hydrogen) atoms. The van der Waals surface area contributed by atoms with Crippen LogP contribution in [0, 0.1) is 18.3 Å². The number of nitrogens with zero attached hydrogens (tertiary/aromatic N) is 3. The lowest BCUT2D eigenvalue weighted by atomic mass is 10.1. The molecular formula is C23H30N4O3Si. The Morgan fingerprint density at radius 2 is 2.03 bits per heavy atom. The van der Waals surface area contributed by atoms with Crippen LogP contribution in [0.1, 0.15) is 42.3 Å². The van der Waals surface area contributed by atoms with E-state index in [1.54, 1.807) is 10.7 Å². The molecule has 0 bridgehead atoms. The number of aromatic nitrogens is 2. The summed E-state index contributed by atoms with van der Waals surface area (Å²) in [5.74, 6) is 1.57. The summed E-state index contributed by atoms with van der Waals surface area (Å²) in [6.45, 7) is 13.6. The Morgan fingerprint density at radius 3 is 2.68 bits per heavy atom. The molecule has 0 aliphatic rings. The molecule has 8 heteroatoms. The fourth-order valence-corrected chi connectivity index (χ4v) is 3.91. The Kier molecular flexibility index (Phi) is 6.55. The number of amides is 1. The number of hydrogen-bond donors (Lipinski definition) is 1. The van der Waals surface area contributed by atoms with Crippen molar-refractivity contribution in [3.05, 3.63) is 46.8 Å². The molecule has 2 aromatic heterocycles. The molecule has 0 aliphatic carbocycles. The third kappa shape index (κ3) is 5.76. The first-order chi connectivity index (χ1) is 14.6. The van der Waals surface area contributed by atoms with Crippen molar-refractivity contribution in [2.24, 2.45) is 0 Å². The standard InChI is InChI=1S/C23H30N4O3Si/c1-15(2)20-12-18-10-17(13-24)11-19(22(18)30-20)14-27-16(3)9-21(26-27)25-23(28)29-7-8-31(4,5)6/h9-12,15H,7-8,14H2,1-6H3,(H,25,26,28). The fourth-order valence-electron chi connectivity index (χ4n) is 3.20. The predicted molar refractivity (Wildman–Crippen MR) is 124 cm³/mol. The van der Waals surface area contributed by atoms with Gasteiger partial charge in [-0.15, -0.1) is 0 Å². The largest absolute Gasteiger partial charge is 0.460 e. The molecule has 0 saturated heterocycles. The van der Waals surface area contributed by atoms with Crippen molar-refractivity contribution in [1.29, 1.82) is 5.26 Å². The van der Waals surface area contributed by atoms with Crippen LogP contribution in [-0.4, -0.2) is 30.6 Å². The second-order valence-electron chi connectivity index (χ2n) is 9.37. The van der Waals surface area contributed by atoms with E-state index in [1.165, 1.54) is 0 Å². The summed E-state index contributed by atoms with van der Waals surface area (Å²) < 4.78 is 13.1. The van der Waals surface area contributed by atoms with Gasteiger partial charge in [0, 0.05) is 36.7 Å². The van der Waals surface area contributed by atoms with E-state index in [9.17, 15) is 10.1 Å². The fraction of sp³-hybridized carbons (Fsp3) is 0.435. The Morgan fingerprint density at radius 1 is 1.29 bits per heavy atom. The van der Waals surface area contributed by atoms with E-state index < -0.39 is 14.2 Å². The molecule has 2 heterocycles. The Balaban J connectivity index is 1.78. The minimum absolute atomic E-state index is 0.250. The number of carbonyl (C=O) groups is 1. The second-order valence-corrected chi connectivity index (χ2v) is 15.0. The van der Waals surface area contributed by atoms with E-state index in [0.29, 0.717) is 24.5 Å². The number of aryl methyl sites for hydroxylation is 1. The van der Waals surface area contributed by atoms with Gasteiger partial charge in [-0.1, -0.05) is 33.5 Å². The molecule has 0 atom stereocenters. The van der Waals surface area contributed by atoms with Gasteiger partial charge in [0.25, 0.3) is 0 Å². The van der Waals surface area contributed by atoms with E-state index in [2.05, 4.69) is 50.0 Å². The first-order valence-corrected chi connectivity index (χ1v) is 14.2. The molecule has 0 radical (unpaired) electrons. The zero-order valence-electron chi connectivity index (χ0n) is 19.1. The predicted octanol–water partition coefficient (Wildman–Crippen LogP) is 5.87. The topological polar surface area (TPSA) is 93.1 Å². The van der Waals surface area contributed by atoms with Gasteiger partial charge in [-0.25, -0.2) is 4.79 Å². The average molecular weight is 439 g/mol. The quantitative estimate of drug-likeness (QED) is 0.466. The molecule has 1 N–H and O–H groups in total. The summed E-state index contributed by atoms with van der Waals surface area (Å²) in [4.78, 5) is 12.1. The zero-order chi connectivity index (χ0) is 22.8. The smallest absolute Gasteiger partial charge is 0.412 e. The number of furan rings is 1. The molecule has 1 amide bonds. The average Bonchev–Trinajstić information content (AvgIpc) is 3.24. The highest BCUT2D eigenvalue weighted by atomic mass is 28.3. The summed E-state index contributed by atoms with van der Waals surface area (Å²) in [5.41, 5.74) is 3.09. The Hall–Kier alpha value is -3.05. The lowest BCUT2D eigenvalue weighted by Crippen LogP contribution is -2.24. The lowest BCUT2D eigenvalue weighted by Gasteiger charge is -2.15. The van der Waals surface area contributed by atoms with Gasteiger partial charge in [0.15, 0.2) is 5.82 Å². The summed E-state index contributed by atoms with van der Waals surface area (Å²) >= 11 is 0. The lowest BCUT2D eigenvalue weighted by molar-refractivity contribution is 0.167. The van der Waals surface area contributed by atoms with Gasteiger partial charge in [-0.05, 0) is 31.2 Å². The maximum Gasteiger partial charge on any atom is 0.412 e. The van der Waals surface area contributed by atoms with Crippen molar-refractivity contribution < 1.29 is 13.9 Å². The van der Waals surface area contributed by atoms with Crippen LogP contribution in [0.15, 0.2) is 28.7 Å². The number of nitriles is 1. The van der Waals surface area contributed by atoms with Crippen LogP contribution in [0.5, 0.6) is 0 Å². The highest BCUT2D eigenvalue weighted by Gasteiger charge is 2.17. The maximum absolute atomic E-state index is 12.1. The molecule has 1 aromatic carbocycles. The monoisotopic (exact) mass is 438 g/mol. The SMILES string of the molecule is Cc1cc(NC(=O)OCC[Si](C)(C)C)nn1Cc1cc(C#N)cc2cc(C(C)C)oc12. The van der Waals surface area contributed by atoms with E-state index >= 15 is 0 Å². The number of nitrogens with one attached hydrogen (secondary N) is 1. The van der Waals surface area contributed by atoms with Gasteiger partial charge < -0.3 is 9.15 Å². The molecule has 164 valence electrons. The first-order valence-electron chi connectivity index (χ1n) is 10.5. The number of hydrogen-bond acceptors (Lipinski definition) is 5. The number of benzene rings is 1. The number of fused-ring (bicyclic) bond motifs is 1. The van der Waals surface area contributed by atoms with Crippen LogP contribution >= 0.6 is 0 Å². The van der Waals surface area contributed by atoms with E-state index in [1.807, 2.05) is 25.1 Å². The second kappa shape index (κ2) is 8.98. The van der Waals surface area contributed by atoms with Crippen LogP contribution in [0.2, 0.25) is 25.7 Å². The van der Waals surface area contributed by atoms with Gasteiger partial charge in [0.2, 0.25) is 0 Å². The van der Waals surface area contributed by atoms with Gasteiger partial charge in [0.1, 0.15) is 11.3 Å². The minimum Gasteiger partial charge on any atom is -0.460 e. The molecule has 0 saturated carbocycles. The first kappa shape index (κ1) is 22.6. The van der Waals surface area contributed by atoms with Crippen molar-refractivity contribution in [3.8, 4) is 6.07 Å². The minimum atomic E-state index is -1.26. The van der Waals surface area contributed by atoms with Crippen molar-refractivity contribution in [2.45, 2.75) is 58.9 Å². The summed E-state index contributed by atoms with van der Waals surface area (Å²) in [5, 5.41) is 17.5. The highest BCUT2D eigenvalue weighted by Crippen LogP contribution is 2.29. The number of ether oxygens (including phenoxy) is 1. The normalized spacial score (nSPS) is 11.7. The third-order valence-electron chi connectivity index (χ3n) is 5.03. The maximum atomic E-state index is 12.1. The Bertz CT molecular complexity index is 1130. The summed E-state index contributed by atoms with van der Waals surface area (Å²) in [7, 11) is -1.26. The van der Waals surface area contributed by atoms with Crippen molar-refractivity contribution in [3.63, 3.8) is 0 Å². The van der Waals surface area contributed by atoms with Crippen LogP contribution in [0.3, 0.4) is 0 Å². The molecule has 7 nitrogen and oxygen atoms in total. The van der Waals surface area contributed by atoms with Crippen molar-refractivity contribution in [2.75, 3.05) is 11.9 Å². The van der Waals surface area contributed by atoms with Gasteiger partial charge in [0.05, 0.1) is 24.8 Å². The third-order valence-corrected chi connectivity index (χ3v) is 6.73. The number of anilines is 1. The summed E-state index contributed by atoms with van der Waals surface area (Å²) in [6, 6.07) is 10.6. The number of rotatable bonds is 7. The van der Waals surface area contributed by atoms with Crippen molar-refractivity contribution in [1.82, 2.24) is 9.78 Å². The van der Waals surface area contributed by atoms with Gasteiger partial charge in [-0.2, -0.15) is 10.4 Å². The van der Waals surface area contributed by atoms with Gasteiger partial charge in [-0.3, -0.25) is 10.00 Å². The molecular weight excluding hydrogens is 408 g/mol. The zero-order valence-corrected chi connectivity index (χ0v) is 20.1. The van der Waals surface area contributed by atoms with Crippen LogP contribution in [0.25, 0.3) is 11.0 Å². The molecule has 3 aromatic rings. The summed E-state index contributed by atoms with van der Waals surface area (Å²) in [6.07, 6.45) is -0.496. The van der Waals surface area contributed by atoms with Crippen LogP contribution in [-0.2, 0) is 11.3 Å². The van der Waals surface area contributed by atoms with Crippen LogP contribution < -0.4 is 5.32 Å². The highest BCUT2D eigenvalue weighted by molar-refractivity contribution is 6.76. The Labute approximate surface area is 184 Å². The molecule has 0 spiro atoms. The molecule has 0 aliphatic heterocycles. The van der Waals surface area contributed by atoms with E-state index in [0.717, 1.165) is 34.0 Å². The van der Waals surface area contributed by atoms with Crippen molar-refractivity contribution >= 4 is 31.0 Å². The van der Waals surface area contributed by atoms with E-state index in [4.69, 9.17) is 9.15 Å². The molecule has 0 fully saturated rings. The van der Waals surface area contributed by atoms with E-state index in [-0.39, 0.29) is 5.92 Å².